The Morgan fingerprint density at radius 3 is 2.79 bits per heavy atom. The molecule has 3 aliphatic heterocycles. The zero-order chi connectivity index (χ0) is 20.0. The summed E-state index contributed by atoms with van der Waals surface area (Å²) >= 11 is 6.03. The number of carbonyl (C=O) groups excluding carboxylic acids is 1. The van der Waals surface area contributed by atoms with Gasteiger partial charge in [0, 0.05) is 50.0 Å². The monoisotopic (exact) mass is 412 g/mol. The second-order valence-electron chi connectivity index (χ2n) is 8.05. The van der Waals surface area contributed by atoms with Crippen molar-refractivity contribution in [3.63, 3.8) is 0 Å². The number of halogens is 1. The molecule has 0 saturated carbocycles. The Labute approximate surface area is 175 Å². The van der Waals surface area contributed by atoms with E-state index in [1.807, 2.05) is 17.0 Å². The number of carbonyl (C=O) groups is 1. The molecule has 2 aromatic rings. The lowest BCUT2D eigenvalue weighted by atomic mass is 10.1. The lowest BCUT2D eigenvalue weighted by molar-refractivity contribution is -0.135. The third-order valence-corrected chi connectivity index (χ3v) is 6.41. The molecule has 29 heavy (non-hydrogen) atoms. The summed E-state index contributed by atoms with van der Waals surface area (Å²) in [5, 5.41) is 0.482. The van der Waals surface area contributed by atoms with Crippen LogP contribution >= 0.6 is 11.6 Å². The third-order valence-electron chi connectivity index (χ3n) is 6.20. The van der Waals surface area contributed by atoms with Gasteiger partial charge in [0.1, 0.15) is 16.8 Å². The van der Waals surface area contributed by atoms with Crippen LogP contribution in [0.4, 0.5) is 11.5 Å². The normalized spacial score (nSPS) is 20.8. The van der Waals surface area contributed by atoms with Gasteiger partial charge < -0.3 is 14.7 Å². The van der Waals surface area contributed by atoms with Crippen LogP contribution < -0.4 is 9.80 Å². The van der Waals surface area contributed by atoms with Gasteiger partial charge in [-0.25, -0.2) is 15.0 Å². The van der Waals surface area contributed by atoms with Crippen LogP contribution in [0.2, 0.25) is 5.15 Å². The number of amides is 1. The number of hydrogen-bond donors (Lipinski definition) is 0. The number of rotatable bonds is 4. The molecule has 3 aliphatic rings. The van der Waals surface area contributed by atoms with E-state index in [0.29, 0.717) is 18.2 Å². The maximum absolute atomic E-state index is 13.3. The summed E-state index contributed by atoms with van der Waals surface area (Å²) in [7, 11) is 0. The second-order valence-corrected chi connectivity index (χ2v) is 8.43. The fraction of sp³-hybridized carbons (Fsp3) is 0.524. The summed E-state index contributed by atoms with van der Waals surface area (Å²) in [4.78, 5) is 33.4. The fourth-order valence-corrected chi connectivity index (χ4v) is 4.60. The van der Waals surface area contributed by atoms with Crippen molar-refractivity contribution in [2.24, 2.45) is 5.92 Å². The topological polar surface area (TPSA) is 65.5 Å². The molecule has 0 N–H and O–H groups in total. The van der Waals surface area contributed by atoms with Crippen LogP contribution in [-0.2, 0) is 24.3 Å². The number of nitrogens with zero attached hydrogens (tertiary/aromatic N) is 6. The number of hydrogen-bond acceptors (Lipinski definition) is 6. The molecule has 152 valence electrons. The van der Waals surface area contributed by atoms with E-state index in [9.17, 15) is 4.79 Å². The molecular weight excluding hydrogens is 388 g/mol. The van der Waals surface area contributed by atoms with E-state index in [2.05, 4.69) is 21.7 Å². The van der Waals surface area contributed by atoms with Gasteiger partial charge >= 0.3 is 0 Å². The van der Waals surface area contributed by atoms with E-state index in [4.69, 9.17) is 21.6 Å². The molecule has 1 atom stereocenters. The molecule has 2 fully saturated rings. The van der Waals surface area contributed by atoms with Crippen LogP contribution in [0, 0.1) is 5.92 Å². The summed E-state index contributed by atoms with van der Waals surface area (Å²) in [5.41, 5.74) is 3.21. The van der Waals surface area contributed by atoms with E-state index in [-0.39, 0.29) is 11.8 Å². The molecule has 0 bridgehead atoms. The molecule has 5 rings (SSSR count). The highest BCUT2D eigenvalue weighted by Crippen LogP contribution is 2.34. The summed E-state index contributed by atoms with van der Waals surface area (Å²) < 4.78 is 0. The highest BCUT2D eigenvalue weighted by atomic mass is 35.5. The van der Waals surface area contributed by atoms with Crippen LogP contribution in [0.3, 0.4) is 0 Å². The molecule has 2 saturated heterocycles. The molecule has 0 unspecified atom stereocenters. The van der Waals surface area contributed by atoms with Gasteiger partial charge in [0.15, 0.2) is 0 Å². The van der Waals surface area contributed by atoms with Crippen molar-refractivity contribution >= 4 is 29.0 Å². The average Bonchev–Trinajstić information content (AvgIpc) is 3.33. The van der Waals surface area contributed by atoms with Crippen LogP contribution in [0.5, 0.6) is 0 Å². The van der Waals surface area contributed by atoms with Crippen LogP contribution in [0.15, 0.2) is 18.3 Å². The van der Waals surface area contributed by atoms with Gasteiger partial charge in [-0.05, 0) is 25.0 Å². The maximum atomic E-state index is 13.3. The van der Waals surface area contributed by atoms with Crippen molar-refractivity contribution in [2.75, 3.05) is 36.0 Å². The highest BCUT2D eigenvalue weighted by molar-refractivity contribution is 6.29. The molecule has 5 heterocycles. The first-order chi connectivity index (χ1) is 14.1. The first-order valence-corrected chi connectivity index (χ1v) is 10.8. The minimum atomic E-state index is 0.00215. The first-order valence-electron chi connectivity index (χ1n) is 10.4. The van der Waals surface area contributed by atoms with Crippen LogP contribution in [0.25, 0.3) is 0 Å². The molecule has 0 radical (unpaired) electrons. The van der Waals surface area contributed by atoms with Crippen molar-refractivity contribution in [1.29, 1.82) is 0 Å². The van der Waals surface area contributed by atoms with Crippen molar-refractivity contribution in [3.05, 3.63) is 40.6 Å². The summed E-state index contributed by atoms with van der Waals surface area (Å²) in [6, 6.07) is 3.81. The Kier molecular flexibility index (Phi) is 4.78. The van der Waals surface area contributed by atoms with Gasteiger partial charge in [0.05, 0.1) is 24.7 Å². The SMILES string of the molecule is CCc1nc2c(c(N3CCC3)n1)CN(C(=O)[C@@H]1CCN(c3ccnc(Cl)c3)C1)C2. The van der Waals surface area contributed by atoms with Crippen LogP contribution in [0.1, 0.15) is 36.8 Å². The number of anilines is 2. The molecule has 0 aliphatic carbocycles. The van der Waals surface area contributed by atoms with Crippen molar-refractivity contribution in [3.8, 4) is 0 Å². The number of pyridine rings is 1. The molecule has 1 amide bonds. The standard InChI is InChI=1S/C21H25ClN6O/c1-2-19-24-17-13-28(12-16(17)20(25-19)26-7-3-8-26)21(29)14-5-9-27(11-14)15-4-6-23-18(22)10-15/h4,6,10,14H,2-3,5,7-9,11-13H2,1H3/t14-/m1/s1. The Morgan fingerprint density at radius 2 is 2.07 bits per heavy atom. The highest BCUT2D eigenvalue weighted by Gasteiger charge is 2.36. The van der Waals surface area contributed by atoms with Crippen LogP contribution in [-0.4, -0.2) is 51.9 Å². The summed E-state index contributed by atoms with van der Waals surface area (Å²) in [6.45, 7) is 6.98. The largest absolute Gasteiger partial charge is 0.371 e. The Bertz CT molecular complexity index is 947. The average molecular weight is 413 g/mol. The molecular formula is C21H25ClN6O. The second kappa shape index (κ2) is 7.44. The smallest absolute Gasteiger partial charge is 0.228 e. The van der Waals surface area contributed by atoms with E-state index in [1.165, 1.54) is 6.42 Å². The van der Waals surface area contributed by atoms with Gasteiger partial charge in [-0.3, -0.25) is 4.79 Å². The van der Waals surface area contributed by atoms with Crippen molar-refractivity contribution < 1.29 is 4.79 Å². The van der Waals surface area contributed by atoms with E-state index < -0.39 is 0 Å². The third kappa shape index (κ3) is 3.41. The quantitative estimate of drug-likeness (QED) is 0.719. The molecule has 0 aromatic carbocycles. The number of aromatic nitrogens is 3. The molecule has 2 aromatic heterocycles. The van der Waals surface area contributed by atoms with Crippen molar-refractivity contribution in [1.82, 2.24) is 19.9 Å². The van der Waals surface area contributed by atoms with Gasteiger partial charge in [-0.2, -0.15) is 0 Å². The Balaban J connectivity index is 1.31. The molecule has 8 heteroatoms. The number of fused-ring (bicyclic) bond motifs is 1. The summed E-state index contributed by atoms with van der Waals surface area (Å²) in [5.74, 6) is 2.15. The van der Waals surface area contributed by atoms with Crippen molar-refractivity contribution in [2.45, 2.75) is 39.3 Å². The van der Waals surface area contributed by atoms with Gasteiger partial charge in [0.2, 0.25) is 5.91 Å². The summed E-state index contributed by atoms with van der Waals surface area (Å²) in [6.07, 6.45) is 4.59. The zero-order valence-corrected chi connectivity index (χ0v) is 17.4. The fourth-order valence-electron chi connectivity index (χ4n) is 4.43. The minimum Gasteiger partial charge on any atom is -0.371 e. The lowest BCUT2D eigenvalue weighted by Gasteiger charge is -2.33. The molecule has 7 nitrogen and oxygen atoms in total. The van der Waals surface area contributed by atoms with Gasteiger partial charge in [-0.1, -0.05) is 18.5 Å². The lowest BCUT2D eigenvalue weighted by Crippen LogP contribution is -2.39. The predicted molar refractivity (Wildman–Crippen MR) is 112 cm³/mol. The van der Waals surface area contributed by atoms with E-state index >= 15 is 0 Å². The maximum Gasteiger partial charge on any atom is 0.228 e. The minimum absolute atomic E-state index is 0.00215. The van der Waals surface area contributed by atoms with E-state index in [0.717, 1.165) is 67.6 Å². The van der Waals surface area contributed by atoms with Gasteiger partial charge in [-0.15, -0.1) is 0 Å². The zero-order valence-electron chi connectivity index (χ0n) is 16.6. The molecule has 0 spiro atoms. The Hall–Kier alpha value is -2.41. The van der Waals surface area contributed by atoms with E-state index in [1.54, 1.807) is 6.20 Å². The predicted octanol–water partition coefficient (Wildman–Crippen LogP) is 2.67. The Morgan fingerprint density at radius 1 is 1.21 bits per heavy atom. The number of aryl methyl sites for hydroxylation is 1. The van der Waals surface area contributed by atoms with Gasteiger partial charge in [0.25, 0.3) is 0 Å². The first kappa shape index (κ1) is 18.6.